The van der Waals surface area contributed by atoms with Crippen LogP contribution < -0.4 is 5.32 Å². The van der Waals surface area contributed by atoms with Gasteiger partial charge in [-0.25, -0.2) is 0 Å². The van der Waals surface area contributed by atoms with Crippen molar-refractivity contribution in [3.63, 3.8) is 0 Å². The molecule has 0 saturated carbocycles. The van der Waals surface area contributed by atoms with Crippen LogP contribution in [-0.4, -0.2) is 16.1 Å². The molecule has 0 unspecified atom stereocenters. The molecule has 0 fully saturated rings. The number of thiophene rings is 1. The quantitative estimate of drug-likeness (QED) is 0.734. The molecule has 22 heavy (non-hydrogen) atoms. The largest absolute Gasteiger partial charge is 0.407 e. The van der Waals surface area contributed by atoms with Gasteiger partial charge in [0.15, 0.2) is 0 Å². The Balaban J connectivity index is 1.58. The normalized spacial score (nSPS) is 10.9. The maximum absolute atomic E-state index is 11.8. The highest BCUT2D eigenvalue weighted by Gasteiger charge is 2.08. The zero-order valence-corrected chi connectivity index (χ0v) is 12.4. The molecule has 0 aliphatic heterocycles. The van der Waals surface area contributed by atoms with Gasteiger partial charge in [0, 0.05) is 11.0 Å². The van der Waals surface area contributed by atoms with E-state index in [-0.39, 0.29) is 11.9 Å². The zero-order valence-electron chi connectivity index (χ0n) is 11.6. The van der Waals surface area contributed by atoms with Crippen LogP contribution in [0.4, 0.5) is 6.01 Å². The van der Waals surface area contributed by atoms with Crippen molar-refractivity contribution in [2.24, 2.45) is 0 Å². The lowest BCUT2D eigenvalue weighted by Gasteiger charge is -1.95. The minimum absolute atomic E-state index is 0.103. The Hall–Kier alpha value is -2.73. The van der Waals surface area contributed by atoms with Gasteiger partial charge in [-0.3, -0.25) is 10.1 Å². The number of carbonyl (C=O) groups excluding carboxylic acids is 1. The number of nitrogens with zero attached hydrogens (tertiary/aromatic N) is 2. The van der Waals surface area contributed by atoms with Crippen LogP contribution in [0.5, 0.6) is 0 Å². The van der Waals surface area contributed by atoms with Crippen molar-refractivity contribution in [2.75, 3.05) is 5.32 Å². The van der Waals surface area contributed by atoms with E-state index in [1.807, 2.05) is 47.8 Å². The number of benzene rings is 1. The molecule has 110 valence electrons. The molecule has 2 aromatic heterocycles. The first-order chi connectivity index (χ1) is 10.8. The molecule has 0 atom stereocenters. The molecule has 1 N–H and O–H groups in total. The summed E-state index contributed by atoms with van der Waals surface area (Å²) >= 11 is 1.56. The molecule has 2 heterocycles. The number of anilines is 1. The SMILES string of the molecule is O=C(C=Cc1cccs1)Nc1nnc(Cc2ccccc2)o1. The third-order valence-corrected chi connectivity index (χ3v) is 3.67. The van der Waals surface area contributed by atoms with Crippen molar-refractivity contribution in [1.29, 1.82) is 0 Å². The number of carbonyl (C=O) groups is 1. The second-order valence-corrected chi connectivity index (χ2v) is 5.48. The lowest BCUT2D eigenvalue weighted by molar-refractivity contribution is -0.112. The van der Waals surface area contributed by atoms with Crippen LogP contribution in [0, 0.1) is 0 Å². The standard InChI is InChI=1S/C16H13N3O2S/c20-14(9-8-13-7-4-10-22-13)17-16-19-18-15(21-16)11-12-5-2-1-3-6-12/h1-10H,11H2,(H,17,19,20). The van der Waals surface area contributed by atoms with E-state index >= 15 is 0 Å². The Kier molecular flexibility index (Phi) is 4.41. The van der Waals surface area contributed by atoms with E-state index in [9.17, 15) is 4.79 Å². The first-order valence-corrected chi connectivity index (χ1v) is 7.56. The first kappa shape index (κ1) is 14.2. The topological polar surface area (TPSA) is 68.0 Å². The van der Waals surface area contributed by atoms with Gasteiger partial charge in [0.2, 0.25) is 5.89 Å². The Labute approximate surface area is 131 Å². The van der Waals surface area contributed by atoms with Gasteiger partial charge in [-0.05, 0) is 23.1 Å². The van der Waals surface area contributed by atoms with E-state index in [0.29, 0.717) is 12.3 Å². The molecule has 3 rings (SSSR count). The fourth-order valence-corrected chi connectivity index (χ4v) is 2.46. The summed E-state index contributed by atoms with van der Waals surface area (Å²) in [6.07, 6.45) is 3.71. The average Bonchev–Trinajstić information content (AvgIpc) is 3.18. The van der Waals surface area contributed by atoms with Crippen molar-refractivity contribution in [3.8, 4) is 0 Å². The van der Waals surface area contributed by atoms with E-state index in [2.05, 4.69) is 15.5 Å². The number of rotatable bonds is 5. The average molecular weight is 311 g/mol. The highest BCUT2D eigenvalue weighted by atomic mass is 32.1. The fraction of sp³-hybridized carbons (Fsp3) is 0.0625. The summed E-state index contributed by atoms with van der Waals surface area (Å²) in [6.45, 7) is 0. The lowest BCUT2D eigenvalue weighted by Crippen LogP contribution is -2.07. The van der Waals surface area contributed by atoms with Crippen molar-refractivity contribution in [1.82, 2.24) is 10.2 Å². The molecular weight excluding hydrogens is 298 g/mol. The predicted molar refractivity (Wildman–Crippen MR) is 85.5 cm³/mol. The van der Waals surface area contributed by atoms with Crippen molar-refractivity contribution in [3.05, 3.63) is 70.3 Å². The van der Waals surface area contributed by atoms with Gasteiger partial charge in [-0.2, -0.15) is 0 Å². The molecule has 1 aromatic carbocycles. The Morgan fingerprint density at radius 2 is 2.05 bits per heavy atom. The fourth-order valence-electron chi connectivity index (χ4n) is 1.84. The minimum atomic E-state index is -0.302. The summed E-state index contributed by atoms with van der Waals surface area (Å²) in [6, 6.07) is 13.8. The molecule has 5 nitrogen and oxygen atoms in total. The van der Waals surface area contributed by atoms with Gasteiger partial charge >= 0.3 is 6.01 Å². The summed E-state index contributed by atoms with van der Waals surface area (Å²) < 4.78 is 5.41. The van der Waals surface area contributed by atoms with Gasteiger partial charge in [-0.15, -0.1) is 16.4 Å². The van der Waals surface area contributed by atoms with Gasteiger partial charge in [0.25, 0.3) is 5.91 Å². The molecule has 1 amide bonds. The van der Waals surface area contributed by atoms with E-state index < -0.39 is 0 Å². The Morgan fingerprint density at radius 1 is 1.18 bits per heavy atom. The summed E-state index contributed by atoms with van der Waals surface area (Å²) in [7, 11) is 0. The second-order valence-electron chi connectivity index (χ2n) is 4.50. The van der Waals surface area contributed by atoms with Crippen molar-refractivity contribution < 1.29 is 9.21 Å². The number of hydrogen-bond acceptors (Lipinski definition) is 5. The maximum Gasteiger partial charge on any atom is 0.322 e. The van der Waals surface area contributed by atoms with Crippen LogP contribution in [-0.2, 0) is 11.2 Å². The molecular formula is C16H13N3O2S. The molecule has 0 saturated heterocycles. The van der Waals surface area contributed by atoms with E-state index in [1.165, 1.54) is 6.08 Å². The van der Waals surface area contributed by atoms with Crippen LogP contribution >= 0.6 is 11.3 Å². The maximum atomic E-state index is 11.8. The monoisotopic (exact) mass is 311 g/mol. The molecule has 0 radical (unpaired) electrons. The zero-order chi connectivity index (χ0) is 15.2. The van der Waals surface area contributed by atoms with Gasteiger partial charge in [0.1, 0.15) is 0 Å². The third kappa shape index (κ3) is 3.89. The number of nitrogens with one attached hydrogen (secondary N) is 1. The van der Waals surface area contributed by atoms with Crippen molar-refractivity contribution >= 4 is 29.3 Å². The highest BCUT2D eigenvalue weighted by molar-refractivity contribution is 7.10. The highest BCUT2D eigenvalue weighted by Crippen LogP contribution is 2.12. The van der Waals surface area contributed by atoms with Crippen molar-refractivity contribution in [2.45, 2.75) is 6.42 Å². The predicted octanol–water partition coefficient (Wildman–Crippen LogP) is 3.37. The van der Waals surface area contributed by atoms with E-state index in [0.717, 1.165) is 10.4 Å². The molecule has 3 aromatic rings. The van der Waals surface area contributed by atoms with Crippen LogP contribution in [0.15, 0.2) is 58.3 Å². The van der Waals surface area contributed by atoms with Crippen LogP contribution in [0.2, 0.25) is 0 Å². The minimum Gasteiger partial charge on any atom is -0.407 e. The summed E-state index contributed by atoms with van der Waals surface area (Å²) in [5.41, 5.74) is 1.07. The molecule has 0 aliphatic rings. The molecule has 0 aliphatic carbocycles. The smallest absolute Gasteiger partial charge is 0.322 e. The number of amides is 1. The third-order valence-electron chi connectivity index (χ3n) is 2.84. The second kappa shape index (κ2) is 6.82. The molecule has 6 heteroatoms. The Bertz CT molecular complexity index is 764. The van der Waals surface area contributed by atoms with Gasteiger partial charge in [0.05, 0.1) is 6.42 Å². The van der Waals surface area contributed by atoms with Crippen LogP contribution in [0.3, 0.4) is 0 Å². The summed E-state index contributed by atoms with van der Waals surface area (Å²) in [5.74, 6) is 0.159. The van der Waals surface area contributed by atoms with Gasteiger partial charge in [-0.1, -0.05) is 41.5 Å². The van der Waals surface area contributed by atoms with Crippen LogP contribution in [0.1, 0.15) is 16.3 Å². The number of aromatic nitrogens is 2. The van der Waals surface area contributed by atoms with E-state index in [1.54, 1.807) is 17.4 Å². The summed E-state index contributed by atoms with van der Waals surface area (Å²) in [5, 5.41) is 12.2. The van der Waals surface area contributed by atoms with Gasteiger partial charge < -0.3 is 4.42 Å². The number of hydrogen-bond donors (Lipinski definition) is 1. The van der Waals surface area contributed by atoms with E-state index in [4.69, 9.17) is 4.42 Å². The first-order valence-electron chi connectivity index (χ1n) is 6.68. The lowest BCUT2D eigenvalue weighted by atomic mass is 10.2. The van der Waals surface area contributed by atoms with Crippen LogP contribution in [0.25, 0.3) is 6.08 Å². The summed E-state index contributed by atoms with van der Waals surface area (Å²) in [4.78, 5) is 12.8. The Morgan fingerprint density at radius 3 is 2.82 bits per heavy atom. The molecule has 0 bridgehead atoms. The molecule has 0 spiro atoms.